The Morgan fingerprint density at radius 2 is 1.57 bits per heavy atom. The van der Waals surface area contributed by atoms with Gasteiger partial charge in [-0.25, -0.2) is 8.78 Å². The highest BCUT2D eigenvalue weighted by Gasteiger charge is 2.22. The lowest BCUT2D eigenvalue weighted by molar-refractivity contribution is 0.419. The molecule has 0 atom stereocenters. The van der Waals surface area contributed by atoms with Gasteiger partial charge in [0.05, 0.1) is 5.46 Å². The second kappa shape index (κ2) is 4.06. The number of hydrogen-bond acceptors (Lipinski definition) is 2. The van der Waals surface area contributed by atoms with Gasteiger partial charge in [-0.1, -0.05) is 13.8 Å². The van der Waals surface area contributed by atoms with Crippen LogP contribution in [0.2, 0.25) is 0 Å². The Morgan fingerprint density at radius 1 is 1.14 bits per heavy atom. The third-order valence-electron chi connectivity index (χ3n) is 2.03. The minimum Gasteiger partial charge on any atom is -0.423 e. The van der Waals surface area contributed by atoms with Crippen molar-refractivity contribution in [2.24, 2.45) is 0 Å². The summed E-state index contributed by atoms with van der Waals surface area (Å²) in [7, 11) is -2.11. The van der Waals surface area contributed by atoms with Crippen LogP contribution in [-0.2, 0) is 0 Å². The third-order valence-corrected chi connectivity index (χ3v) is 2.03. The molecule has 0 amide bonds. The molecule has 2 nitrogen and oxygen atoms in total. The molecule has 0 fully saturated rings. The van der Waals surface area contributed by atoms with Crippen LogP contribution < -0.4 is 5.46 Å². The number of benzene rings is 1. The quantitative estimate of drug-likeness (QED) is 0.692. The second-order valence-electron chi connectivity index (χ2n) is 3.43. The van der Waals surface area contributed by atoms with Crippen LogP contribution in [0.1, 0.15) is 25.3 Å². The van der Waals surface area contributed by atoms with Crippen LogP contribution in [0, 0.1) is 11.6 Å². The number of halogens is 2. The van der Waals surface area contributed by atoms with Gasteiger partial charge in [-0.2, -0.15) is 0 Å². The molecule has 0 spiro atoms. The minimum atomic E-state index is -2.11. The summed E-state index contributed by atoms with van der Waals surface area (Å²) in [6, 6.07) is 2.23. The Bertz CT molecular complexity index is 317. The van der Waals surface area contributed by atoms with Crippen molar-refractivity contribution >= 4 is 12.6 Å². The first-order chi connectivity index (χ1) is 6.43. The lowest BCUT2D eigenvalue weighted by atomic mass is 9.78. The normalized spacial score (nSPS) is 10.8. The fourth-order valence-corrected chi connectivity index (χ4v) is 1.18. The van der Waals surface area contributed by atoms with Crippen molar-refractivity contribution in [3.63, 3.8) is 0 Å². The molecule has 76 valence electrons. The maximum Gasteiger partial charge on any atom is 0.494 e. The summed E-state index contributed by atoms with van der Waals surface area (Å²) in [6.45, 7) is 3.59. The van der Waals surface area contributed by atoms with Gasteiger partial charge >= 0.3 is 7.12 Å². The number of rotatable bonds is 2. The molecule has 0 saturated heterocycles. The highest BCUT2D eigenvalue weighted by Crippen LogP contribution is 2.16. The van der Waals surface area contributed by atoms with Crippen LogP contribution in [0.25, 0.3) is 0 Å². The molecule has 0 heterocycles. The van der Waals surface area contributed by atoms with Gasteiger partial charge in [0.25, 0.3) is 0 Å². The van der Waals surface area contributed by atoms with E-state index >= 15 is 0 Å². The summed E-state index contributed by atoms with van der Waals surface area (Å²) in [6.07, 6.45) is 0. The fraction of sp³-hybridized carbons (Fsp3) is 0.333. The van der Waals surface area contributed by atoms with Crippen LogP contribution in [0.15, 0.2) is 12.1 Å². The van der Waals surface area contributed by atoms with Crippen LogP contribution in [0.4, 0.5) is 8.78 Å². The van der Waals surface area contributed by atoms with Crippen LogP contribution in [0.5, 0.6) is 0 Å². The average Bonchev–Trinajstić information content (AvgIpc) is 2.01. The van der Waals surface area contributed by atoms with Gasteiger partial charge in [0, 0.05) is 0 Å². The zero-order valence-corrected chi connectivity index (χ0v) is 7.96. The average molecular weight is 200 g/mol. The molecule has 14 heavy (non-hydrogen) atoms. The first-order valence-electron chi connectivity index (χ1n) is 4.28. The first kappa shape index (κ1) is 11.1. The molecule has 0 radical (unpaired) electrons. The van der Waals surface area contributed by atoms with E-state index in [1.807, 2.05) is 0 Å². The van der Waals surface area contributed by atoms with Crippen molar-refractivity contribution < 1.29 is 18.8 Å². The van der Waals surface area contributed by atoms with Crippen molar-refractivity contribution in [3.05, 3.63) is 29.3 Å². The van der Waals surface area contributed by atoms with Crippen molar-refractivity contribution in [1.29, 1.82) is 0 Å². The highest BCUT2D eigenvalue weighted by atomic mass is 19.1. The molecular weight excluding hydrogens is 189 g/mol. The molecule has 0 aliphatic rings. The predicted octanol–water partition coefficient (Wildman–Crippen LogP) is 0.768. The second-order valence-corrected chi connectivity index (χ2v) is 3.43. The Kier molecular flexibility index (Phi) is 3.23. The van der Waals surface area contributed by atoms with E-state index in [0.717, 1.165) is 12.1 Å². The molecule has 0 aromatic heterocycles. The first-order valence-corrected chi connectivity index (χ1v) is 4.28. The molecule has 5 heteroatoms. The standard InChI is InChI=1S/C9H11BF2O2/c1-5(2)6-3-7(11)9(10(13)14)8(12)4-6/h3-5,13-14H,1-2H3. The Balaban J connectivity index is 3.25. The topological polar surface area (TPSA) is 40.5 Å². The van der Waals surface area contributed by atoms with Gasteiger partial charge < -0.3 is 10.0 Å². The van der Waals surface area contributed by atoms with Gasteiger partial charge in [0.2, 0.25) is 0 Å². The summed E-state index contributed by atoms with van der Waals surface area (Å²) in [5.74, 6) is -1.86. The monoisotopic (exact) mass is 200 g/mol. The molecule has 0 saturated carbocycles. The van der Waals surface area contributed by atoms with Gasteiger partial charge in [-0.05, 0) is 23.6 Å². The zero-order valence-electron chi connectivity index (χ0n) is 7.96. The lowest BCUT2D eigenvalue weighted by Gasteiger charge is -2.09. The molecule has 0 aliphatic heterocycles. The third kappa shape index (κ3) is 2.11. The van der Waals surface area contributed by atoms with E-state index < -0.39 is 24.2 Å². The van der Waals surface area contributed by atoms with E-state index in [2.05, 4.69) is 0 Å². The van der Waals surface area contributed by atoms with Crippen LogP contribution >= 0.6 is 0 Å². The summed E-state index contributed by atoms with van der Waals surface area (Å²) in [5.41, 5.74) is -0.209. The molecule has 1 aromatic rings. The molecule has 2 N–H and O–H groups in total. The van der Waals surface area contributed by atoms with Crippen molar-refractivity contribution in [1.82, 2.24) is 0 Å². The zero-order chi connectivity index (χ0) is 10.9. The van der Waals surface area contributed by atoms with Crippen LogP contribution in [0.3, 0.4) is 0 Å². The Morgan fingerprint density at radius 3 is 1.86 bits per heavy atom. The Hall–Kier alpha value is -0.935. The predicted molar refractivity (Wildman–Crippen MR) is 50.3 cm³/mol. The van der Waals surface area contributed by atoms with Gasteiger partial charge in [-0.3, -0.25) is 0 Å². The molecule has 1 aromatic carbocycles. The summed E-state index contributed by atoms with van der Waals surface area (Å²) in [4.78, 5) is 0. The molecule has 0 unspecified atom stereocenters. The van der Waals surface area contributed by atoms with E-state index in [0.29, 0.717) is 5.56 Å². The molecule has 0 bridgehead atoms. The summed E-state index contributed by atoms with van der Waals surface area (Å²) in [5, 5.41) is 17.4. The van der Waals surface area contributed by atoms with Gasteiger partial charge in [0.15, 0.2) is 0 Å². The van der Waals surface area contributed by atoms with Crippen molar-refractivity contribution in [2.75, 3.05) is 0 Å². The molecular formula is C9H11BF2O2. The minimum absolute atomic E-state index is 0.0103. The maximum atomic E-state index is 13.2. The summed E-state index contributed by atoms with van der Waals surface area (Å²) < 4.78 is 26.3. The molecule has 1 rings (SSSR count). The van der Waals surface area contributed by atoms with Gasteiger partial charge in [-0.15, -0.1) is 0 Å². The van der Waals surface area contributed by atoms with Crippen LogP contribution in [-0.4, -0.2) is 17.2 Å². The largest absolute Gasteiger partial charge is 0.494 e. The SMILES string of the molecule is CC(C)c1cc(F)c(B(O)O)c(F)c1. The maximum absolute atomic E-state index is 13.2. The van der Waals surface area contributed by atoms with E-state index in [4.69, 9.17) is 10.0 Å². The smallest absolute Gasteiger partial charge is 0.423 e. The number of hydrogen-bond donors (Lipinski definition) is 2. The van der Waals surface area contributed by atoms with Crippen molar-refractivity contribution in [3.8, 4) is 0 Å². The summed E-state index contributed by atoms with van der Waals surface area (Å²) >= 11 is 0. The van der Waals surface area contributed by atoms with E-state index in [9.17, 15) is 8.78 Å². The molecule has 0 aliphatic carbocycles. The van der Waals surface area contributed by atoms with Gasteiger partial charge in [0.1, 0.15) is 11.6 Å². The van der Waals surface area contributed by atoms with E-state index in [-0.39, 0.29) is 5.92 Å². The lowest BCUT2D eigenvalue weighted by Crippen LogP contribution is -2.35. The van der Waals surface area contributed by atoms with E-state index in [1.54, 1.807) is 13.8 Å². The highest BCUT2D eigenvalue weighted by molar-refractivity contribution is 6.58. The Labute approximate surface area is 81.3 Å². The van der Waals surface area contributed by atoms with Crippen molar-refractivity contribution in [2.45, 2.75) is 19.8 Å². The fourth-order valence-electron chi connectivity index (χ4n) is 1.18. The van der Waals surface area contributed by atoms with E-state index in [1.165, 1.54) is 0 Å².